The van der Waals surface area contributed by atoms with E-state index in [9.17, 15) is 23.8 Å². The Morgan fingerprint density at radius 2 is 0.946 bits per heavy atom. The van der Waals surface area contributed by atoms with Gasteiger partial charge in [-0.1, -0.05) is 147 Å². The van der Waals surface area contributed by atoms with E-state index in [2.05, 4.69) is 54.8 Å². The minimum absolute atomic E-state index is 0.140. The summed E-state index contributed by atoms with van der Waals surface area (Å²) in [6.07, 6.45) is 42.1. The van der Waals surface area contributed by atoms with Crippen LogP contribution in [0.5, 0.6) is 0 Å². The zero-order valence-electron chi connectivity index (χ0n) is 35.2. The van der Waals surface area contributed by atoms with Gasteiger partial charge in [0.15, 0.2) is 6.10 Å². The zero-order chi connectivity index (χ0) is 41.4. The Labute approximate surface area is 340 Å². The number of ether oxygens (including phenoxy) is 2. The lowest BCUT2D eigenvalue weighted by molar-refractivity contribution is -0.161. The topological polar surface area (TPSA) is 172 Å². The zero-order valence-corrected chi connectivity index (χ0v) is 36.1. The van der Waals surface area contributed by atoms with Crippen molar-refractivity contribution in [2.24, 2.45) is 5.73 Å². The fourth-order valence-electron chi connectivity index (χ4n) is 5.85. The maximum absolute atomic E-state index is 12.6. The molecule has 3 atom stereocenters. The first-order chi connectivity index (χ1) is 27.1. The molecule has 1 unspecified atom stereocenters. The summed E-state index contributed by atoms with van der Waals surface area (Å²) in [6, 6.07) is -1.52. The highest BCUT2D eigenvalue weighted by Crippen LogP contribution is 2.43. The van der Waals surface area contributed by atoms with Crippen LogP contribution in [-0.2, 0) is 37.5 Å². The average molecular weight is 814 g/mol. The standard InChI is InChI=1S/C44H80NO10P/c1-3-5-7-9-11-13-15-17-18-19-20-21-22-24-25-27-29-31-33-35-42(46)52-37-40(38-53-56(50,51)54-39-41(45)44(48)49)55-43(47)36-34-32-30-28-26-23-16-14-12-10-8-6-4-2/h11,13,17-18,23,26,40-41H,3-10,12,14-16,19-22,24-25,27-39,45H2,1-2H3,(H,48,49)(H,50,51)/b13-11+,18-17+,26-23+/t40-,41+/m0/s1. The lowest BCUT2D eigenvalue weighted by Crippen LogP contribution is -2.34. The Bertz CT molecular complexity index is 1100. The van der Waals surface area contributed by atoms with Crippen LogP contribution < -0.4 is 5.73 Å². The lowest BCUT2D eigenvalue weighted by atomic mass is 10.1. The highest BCUT2D eigenvalue weighted by Gasteiger charge is 2.28. The fourth-order valence-corrected chi connectivity index (χ4v) is 6.63. The molecule has 0 aromatic heterocycles. The summed E-state index contributed by atoms with van der Waals surface area (Å²) in [6.45, 7) is 2.75. The van der Waals surface area contributed by atoms with Gasteiger partial charge in [-0.15, -0.1) is 0 Å². The molecule has 0 fully saturated rings. The number of carboxylic acids is 1. The largest absolute Gasteiger partial charge is 0.480 e. The third kappa shape index (κ3) is 38.6. The van der Waals surface area contributed by atoms with Crippen LogP contribution in [0.4, 0.5) is 0 Å². The van der Waals surface area contributed by atoms with Crippen LogP contribution in [-0.4, -0.2) is 59.9 Å². The molecule has 11 nitrogen and oxygen atoms in total. The molecule has 326 valence electrons. The second-order valence-corrected chi connectivity index (χ2v) is 16.3. The van der Waals surface area contributed by atoms with Gasteiger partial charge in [0.1, 0.15) is 12.6 Å². The van der Waals surface area contributed by atoms with Crippen molar-refractivity contribution in [2.75, 3.05) is 19.8 Å². The van der Waals surface area contributed by atoms with Crippen LogP contribution in [0.15, 0.2) is 36.5 Å². The smallest absolute Gasteiger partial charge is 0.472 e. The number of allylic oxidation sites excluding steroid dienone is 6. The number of rotatable bonds is 41. The van der Waals surface area contributed by atoms with Gasteiger partial charge in [-0.2, -0.15) is 0 Å². The molecule has 0 radical (unpaired) electrons. The normalized spacial score (nSPS) is 14.1. The Kier molecular flexibility index (Phi) is 37.9. The van der Waals surface area contributed by atoms with Gasteiger partial charge in [-0.3, -0.25) is 23.4 Å². The van der Waals surface area contributed by atoms with Crippen LogP contribution in [0, 0.1) is 0 Å². The van der Waals surface area contributed by atoms with Gasteiger partial charge in [0.25, 0.3) is 0 Å². The van der Waals surface area contributed by atoms with Crippen LogP contribution in [0.2, 0.25) is 0 Å². The first-order valence-electron chi connectivity index (χ1n) is 22.0. The first-order valence-corrected chi connectivity index (χ1v) is 23.5. The van der Waals surface area contributed by atoms with Gasteiger partial charge in [-0.05, 0) is 70.6 Å². The Balaban J connectivity index is 4.34. The number of phosphoric acid groups is 1. The van der Waals surface area contributed by atoms with E-state index in [1.165, 1.54) is 96.3 Å². The molecule has 0 aliphatic carbocycles. The number of unbranched alkanes of at least 4 members (excludes halogenated alkanes) is 21. The highest BCUT2D eigenvalue weighted by atomic mass is 31.2. The molecule has 0 bridgehead atoms. The number of nitrogens with two attached hydrogens (primary N) is 1. The molecule has 4 N–H and O–H groups in total. The number of hydrogen-bond acceptors (Lipinski definition) is 9. The number of aliphatic carboxylic acids is 1. The van der Waals surface area contributed by atoms with Crippen LogP contribution in [0.1, 0.15) is 194 Å². The SMILES string of the molecule is CCCCC/C=C/C/C=C/CCCCCCCCCCCC(=O)OC[C@@H](COP(=O)(O)OC[C@@H](N)C(=O)O)OC(=O)CCCCC/C=C/CCCCCCCC. The number of carbonyl (C=O) groups excluding carboxylic acids is 2. The Morgan fingerprint density at radius 1 is 0.554 bits per heavy atom. The predicted molar refractivity (Wildman–Crippen MR) is 226 cm³/mol. The van der Waals surface area contributed by atoms with Gasteiger partial charge < -0.3 is 25.2 Å². The Morgan fingerprint density at radius 3 is 1.46 bits per heavy atom. The molecule has 0 aliphatic heterocycles. The molecule has 0 aromatic carbocycles. The van der Waals surface area contributed by atoms with E-state index in [1.807, 2.05) is 0 Å². The lowest BCUT2D eigenvalue weighted by Gasteiger charge is -2.20. The summed E-state index contributed by atoms with van der Waals surface area (Å²) in [5.74, 6) is -2.40. The quantitative estimate of drug-likeness (QED) is 0.0232. The summed E-state index contributed by atoms with van der Waals surface area (Å²) in [4.78, 5) is 45.9. The van der Waals surface area contributed by atoms with Crippen LogP contribution in [0.3, 0.4) is 0 Å². The minimum Gasteiger partial charge on any atom is -0.480 e. The van der Waals surface area contributed by atoms with Crippen LogP contribution in [0.25, 0.3) is 0 Å². The third-order valence-electron chi connectivity index (χ3n) is 9.36. The van der Waals surface area contributed by atoms with Crippen molar-refractivity contribution in [3.8, 4) is 0 Å². The van der Waals surface area contributed by atoms with Crippen molar-refractivity contribution >= 4 is 25.7 Å². The summed E-state index contributed by atoms with van der Waals surface area (Å²) < 4.78 is 32.7. The van der Waals surface area contributed by atoms with Gasteiger partial charge in [0.05, 0.1) is 13.2 Å². The van der Waals surface area contributed by atoms with Gasteiger partial charge in [0, 0.05) is 12.8 Å². The van der Waals surface area contributed by atoms with Crippen molar-refractivity contribution in [1.82, 2.24) is 0 Å². The van der Waals surface area contributed by atoms with Crippen LogP contribution >= 0.6 is 7.82 Å². The predicted octanol–water partition coefficient (Wildman–Crippen LogP) is 11.6. The molecule has 0 heterocycles. The van der Waals surface area contributed by atoms with E-state index in [1.54, 1.807) is 0 Å². The summed E-state index contributed by atoms with van der Waals surface area (Å²) >= 11 is 0. The monoisotopic (exact) mass is 814 g/mol. The molecule has 56 heavy (non-hydrogen) atoms. The van der Waals surface area contributed by atoms with Crippen molar-refractivity contribution in [3.05, 3.63) is 36.5 Å². The van der Waals surface area contributed by atoms with Gasteiger partial charge in [-0.25, -0.2) is 4.57 Å². The average Bonchev–Trinajstić information content (AvgIpc) is 3.17. The molecule has 12 heteroatoms. The number of carboxylic acid groups (broad SMARTS) is 1. The number of hydrogen-bond donors (Lipinski definition) is 3. The molecule has 0 amide bonds. The van der Waals surface area contributed by atoms with E-state index in [-0.39, 0.29) is 19.4 Å². The summed E-state index contributed by atoms with van der Waals surface area (Å²) in [7, 11) is -4.72. The molecule has 0 rings (SSSR count). The van der Waals surface area contributed by atoms with E-state index >= 15 is 0 Å². The number of carbonyl (C=O) groups is 3. The second-order valence-electron chi connectivity index (χ2n) is 14.8. The maximum atomic E-state index is 12.6. The highest BCUT2D eigenvalue weighted by molar-refractivity contribution is 7.47. The van der Waals surface area contributed by atoms with Crippen molar-refractivity contribution in [1.29, 1.82) is 0 Å². The Hall–Kier alpha value is -2.30. The van der Waals surface area contributed by atoms with E-state index in [0.29, 0.717) is 12.8 Å². The number of esters is 2. The van der Waals surface area contributed by atoms with E-state index < -0.39 is 51.1 Å². The van der Waals surface area contributed by atoms with Gasteiger partial charge >= 0.3 is 25.7 Å². The molecular formula is C44H80NO10P. The van der Waals surface area contributed by atoms with Crippen molar-refractivity contribution < 1.29 is 47.5 Å². The molecule has 0 saturated carbocycles. The molecular weight excluding hydrogens is 733 g/mol. The minimum atomic E-state index is -4.72. The second kappa shape index (κ2) is 39.5. The third-order valence-corrected chi connectivity index (χ3v) is 10.3. The fraction of sp³-hybridized carbons (Fsp3) is 0.795. The molecule has 0 spiro atoms. The van der Waals surface area contributed by atoms with E-state index in [4.69, 9.17) is 24.8 Å². The van der Waals surface area contributed by atoms with Crippen molar-refractivity contribution in [2.45, 2.75) is 206 Å². The molecule has 0 aliphatic rings. The number of phosphoric ester groups is 1. The first kappa shape index (κ1) is 53.7. The maximum Gasteiger partial charge on any atom is 0.472 e. The molecule has 0 aromatic rings. The van der Waals surface area contributed by atoms with E-state index in [0.717, 1.165) is 57.8 Å². The molecule has 0 saturated heterocycles. The summed E-state index contributed by atoms with van der Waals surface area (Å²) in [5.41, 5.74) is 5.33. The van der Waals surface area contributed by atoms with Gasteiger partial charge in [0.2, 0.25) is 0 Å². The van der Waals surface area contributed by atoms with Crippen molar-refractivity contribution in [3.63, 3.8) is 0 Å². The summed E-state index contributed by atoms with van der Waals surface area (Å²) in [5, 5.41) is 8.88.